The molecule has 1 atom stereocenters. The number of urea groups is 1. The molecule has 1 fully saturated rings. The summed E-state index contributed by atoms with van der Waals surface area (Å²) in [5, 5.41) is 2.84. The van der Waals surface area contributed by atoms with E-state index in [4.69, 9.17) is 0 Å². The van der Waals surface area contributed by atoms with Gasteiger partial charge in [-0.15, -0.1) is 0 Å². The van der Waals surface area contributed by atoms with Crippen LogP contribution in [0.1, 0.15) is 33.1 Å². The van der Waals surface area contributed by atoms with E-state index in [2.05, 4.69) is 12.2 Å². The van der Waals surface area contributed by atoms with E-state index < -0.39 is 0 Å². The zero-order valence-corrected chi connectivity index (χ0v) is 8.68. The van der Waals surface area contributed by atoms with Crippen molar-refractivity contribution in [2.24, 2.45) is 5.92 Å². The van der Waals surface area contributed by atoms with E-state index in [1.165, 1.54) is 6.42 Å². The van der Waals surface area contributed by atoms with E-state index in [0.29, 0.717) is 0 Å². The van der Waals surface area contributed by atoms with Gasteiger partial charge >= 0.3 is 6.03 Å². The van der Waals surface area contributed by atoms with E-state index in [0.717, 1.165) is 38.4 Å². The highest BCUT2D eigenvalue weighted by Gasteiger charge is 2.17. The number of carbonyl (C=O) groups excluding carboxylic acids is 1. The first-order chi connectivity index (χ1) is 6.24. The quantitative estimate of drug-likeness (QED) is 0.662. The molecule has 0 radical (unpaired) electrons. The highest BCUT2D eigenvalue weighted by molar-refractivity contribution is 5.74. The third kappa shape index (κ3) is 3.25. The minimum atomic E-state index is 0.108. The van der Waals surface area contributed by atoms with Crippen LogP contribution < -0.4 is 5.32 Å². The Morgan fingerprint density at radius 1 is 1.46 bits per heavy atom. The molecule has 1 aliphatic heterocycles. The lowest BCUT2D eigenvalue weighted by Gasteiger charge is -2.20. The Kier molecular flexibility index (Phi) is 4.06. The molecule has 0 spiro atoms. The molecule has 0 saturated carbocycles. The third-order valence-corrected chi connectivity index (χ3v) is 2.63. The largest absolute Gasteiger partial charge is 0.338 e. The summed E-state index contributed by atoms with van der Waals surface area (Å²) in [4.78, 5) is 13.4. The molecule has 3 heteroatoms. The second-order valence-electron chi connectivity index (χ2n) is 3.86. The van der Waals surface area contributed by atoms with Crippen LogP contribution in [-0.4, -0.2) is 30.6 Å². The summed E-state index contributed by atoms with van der Waals surface area (Å²) in [6.07, 6.45) is 3.56. The van der Waals surface area contributed by atoms with Gasteiger partial charge in [-0.2, -0.15) is 0 Å². The Balaban J connectivity index is 2.37. The highest BCUT2D eigenvalue weighted by atomic mass is 16.2. The van der Waals surface area contributed by atoms with Crippen molar-refractivity contribution in [2.75, 3.05) is 19.6 Å². The molecule has 1 rings (SSSR count). The summed E-state index contributed by atoms with van der Waals surface area (Å²) in [6, 6.07) is 0.108. The molecule has 1 aliphatic rings. The molecule has 0 aromatic heterocycles. The number of amides is 2. The second-order valence-corrected chi connectivity index (χ2v) is 3.86. The van der Waals surface area contributed by atoms with Crippen molar-refractivity contribution < 1.29 is 4.79 Å². The van der Waals surface area contributed by atoms with Crippen molar-refractivity contribution in [2.45, 2.75) is 33.1 Å². The van der Waals surface area contributed by atoms with E-state index in [1.807, 2.05) is 11.8 Å². The van der Waals surface area contributed by atoms with Crippen LogP contribution in [0.2, 0.25) is 0 Å². The van der Waals surface area contributed by atoms with Crippen LogP contribution >= 0.6 is 0 Å². The van der Waals surface area contributed by atoms with Gasteiger partial charge < -0.3 is 10.2 Å². The van der Waals surface area contributed by atoms with Crippen molar-refractivity contribution in [3.8, 4) is 0 Å². The summed E-state index contributed by atoms with van der Waals surface area (Å²) in [5.74, 6) is 0.777. The molecule has 0 aromatic carbocycles. The maximum atomic E-state index is 11.5. The average molecular weight is 184 g/mol. The molecule has 2 amide bonds. The molecule has 76 valence electrons. The highest BCUT2D eigenvalue weighted by Crippen LogP contribution is 2.16. The summed E-state index contributed by atoms with van der Waals surface area (Å²) in [6.45, 7) is 6.80. The fourth-order valence-electron chi connectivity index (χ4n) is 1.73. The topological polar surface area (TPSA) is 32.3 Å². The Morgan fingerprint density at radius 3 is 2.92 bits per heavy atom. The van der Waals surface area contributed by atoms with Gasteiger partial charge in [0.15, 0.2) is 0 Å². The van der Waals surface area contributed by atoms with Crippen LogP contribution in [0.5, 0.6) is 0 Å². The number of nitrogens with zero attached hydrogens (tertiary/aromatic N) is 1. The van der Waals surface area contributed by atoms with Gasteiger partial charge in [-0.05, 0) is 32.1 Å². The number of likely N-dealkylation sites (tertiary alicyclic amines) is 1. The van der Waals surface area contributed by atoms with Crippen molar-refractivity contribution >= 4 is 6.03 Å². The molecule has 0 aromatic rings. The summed E-state index contributed by atoms with van der Waals surface area (Å²) in [5.41, 5.74) is 0. The Labute approximate surface area is 80.5 Å². The molecule has 0 aliphatic carbocycles. The van der Waals surface area contributed by atoms with Gasteiger partial charge in [0, 0.05) is 19.6 Å². The van der Waals surface area contributed by atoms with Crippen LogP contribution in [0, 0.1) is 5.92 Å². The van der Waals surface area contributed by atoms with Crippen molar-refractivity contribution in [1.29, 1.82) is 0 Å². The first-order valence-corrected chi connectivity index (χ1v) is 5.26. The fourth-order valence-corrected chi connectivity index (χ4v) is 1.73. The van der Waals surface area contributed by atoms with Crippen molar-refractivity contribution in [3.05, 3.63) is 0 Å². The summed E-state index contributed by atoms with van der Waals surface area (Å²) >= 11 is 0. The molecule has 1 heterocycles. The normalized spacial score (nSPS) is 23.8. The zero-order chi connectivity index (χ0) is 9.68. The SMILES string of the molecule is CCNC(=O)N1CCCC(C)CC1. The lowest BCUT2D eigenvalue weighted by atomic mass is 10.0. The van der Waals surface area contributed by atoms with Crippen molar-refractivity contribution in [1.82, 2.24) is 10.2 Å². The number of hydrogen-bond donors (Lipinski definition) is 1. The van der Waals surface area contributed by atoms with Gasteiger partial charge in [0.1, 0.15) is 0 Å². The Morgan fingerprint density at radius 2 is 2.23 bits per heavy atom. The number of carbonyl (C=O) groups is 1. The van der Waals surface area contributed by atoms with Gasteiger partial charge in [-0.25, -0.2) is 4.79 Å². The lowest BCUT2D eigenvalue weighted by molar-refractivity contribution is 0.200. The number of hydrogen-bond acceptors (Lipinski definition) is 1. The van der Waals surface area contributed by atoms with Crippen LogP contribution in [-0.2, 0) is 0 Å². The molecule has 1 unspecified atom stereocenters. The second kappa shape index (κ2) is 5.10. The van der Waals surface area contributed by atoms with Crippen LogP contribution in [0.4, 0.5) is 4.79 Å². The first kappa shape index (κ1) is 10.4. The smallest absolute Gasteiger partial charge is 0.317 e. The predicted octanol–water partition coefficient (Wildman–Crippen LogP) is 1.84. The minimum Gasteiger partial charge on any atom is -0.338 e. The Bertz CT molecular complexity index is 170. The zero-order valence-electron chi connectivity index (χ0n) is 8.68. The van der Waals surface area contributed by atoms with Gasteiger partial charge in [-0.3, -0.25) is 0 Å². The number of nitrogens with one attached hydrogen (secondary N) is 1. The molecular weight excluding hydrogens is 164 g/mol. The Hall–Kier alpha value is -0.730. The van der Waals surface area contributed by atoms with Gasteiger partial charge in [0.25, 0.3) is 0 Å². The maximum Gasteiger partial charge on any atom is 0.317 e. The lowest BCUT2D eigenvalue weighted by Crippen LogP contribution is -2.40. The molecule has 13 heavy (non-hydrogen) atoms. The van der Waals surface area contributed by atoms with Crippen LogP contribution in [0.25, 0.3) is 0 Å². The molecule has 1 saturated heterocycles. The van der Waals surface area contributed by atoms with Crippen LogP contribution in [0.15, 0.2) is 0 Å². The predicted molar refractivity (Wildman–Crippen MR) is 53.7 cm³/mol. The number of rotatable bonds is 1. The first-order valence-electron chi connectivity index (χ1n) is 5.26. The van der Waals surface area contributed by atoms with Gasteiger partial charge in [0.05, 0.1) is 0 Å². The molecule has 0 bridgehead atoms. The summed E-state index contributed by atoms with van der Waals surface area (Å²) < 4.78 is 0. The minimum absolute atomic E-state index is 0.108. The molecule has 1 N–H and O–H groups in total. The van der Waals surface area contributed by atoms with Crippen molar-refractivity contribution in [3.63, 3.8) is 0 Å². The van der Waals surface area contributed by atoms with E-state index in [-0.39, 0.29) is 6.03 Å². The monoisotopic (exact) mass is 184 g/mol. The standard InChI is InChI=1S/C10H20N2O/c1-3-11-10(13)12-7-4-5-9(2)6-8-12/h9H,3-8H2,1-2H3,(H,11,13). The average Bonchev–Trinajstić information content (AvgIpc) is 2.30. The summed E-state index contributed by atoms with van der Waals surface area (Å²) in [7, 11) is 0. The van der Waals surface area contributed by atoms with E-state index >= 15 is 0 Å². The molecular formula is C10H20N2O. The van der Waals surface area contributed by atoms with Gasteiger partial charge in [-0.1, -0.05) is 6.92 Å². The van der Waals surface area contributed by atoms with E-state index in [9.17, 15) is 4.79 Å². The van der Waals surface area contributed by atoms with Crippen LogP contribution in [0.3, 0.4) is 0 Å². The molecule has 3 nitrogen and oxygen atoms in total. The third-order valence-electron chi connectivity index (χ3n) is 2.63. The maximum absolute atomic E-state index is 11.5. The van der Waals surface area contributed by atoms with E-state index in [1.54, 1.807) is 0 Å². The van der Waals surface area contributed by atoms with Gasteiger partial charge in [0.2, 0.25) is 0 Å². The fraction of sp³-hybridized carbons (Fsp3) is 0.900.